The Morgan fingerprint density at radius 3 is 2.47 bits per heavy atom. The maximum Gasteiger partial charge on any atom is 0.410 e. The van der Waals surface area contributed by atoms with Gasteiger partial charge in [-0.15, -0.1) is 0 Å². The summed E-state index contributed by atoms with van der Waals surface area (Å²) in [6, 6.07) is -0.939. The van der Waals surface area contributed by atoms with Gasteiger partial charge in [0.05, 0.1) is 24.7 Å². The number of hydrogen-bond acceptors (Lipinski definition) is 5. The van der Waals surface area contributed by atoms with Crippen molar-refractivity contribution in [2.75, 3.05) is 6.54 Å². The van der Waals surface area contributed by atoms with Gasteiger partial charge in [-0.1, -0.05) is 0 Å². The number of ether oxygens (including phenoxy) is 1. The zero-order valence-corrected chi connectivity index (χ0v) is 11.4. The smallest absolute Gasteiger partial charge is 0.410 e. The summed E-state index contributed by atoms with van der Waals surface area (Å²) < 4.78 is 5.17. The van der Waals surface area contributed by atoms with E-state index in [0.717, 1.165) is 0 Å². The molecule has 0 aromatic rings. The Morgan fingerprint density at radius 2 is 2.00 bits per heavy atom. The van der Waals surface area contributed by atoms with Crippen LogP contribution in [0.4, 0.5) is 4.79 Å². The Balaban J connectivity index is 2.76. The molecule has 0 aromatic heterocycles. The molecule has 7 heteroatoms. The zero-order valence-electron chi connectivity index (χ0n) is 11.4. The van der Waals surface area contributed by atoms with E-state index in [1.54, 1.807) is 20.8 Å². The number of aliphatic hydroxyl groups excluding tert-OH is 2. The van der Waals surface area contributed by atoms with Gasteiger partial charge in [-0.25, -0.2) is 4.79 Å². The molecule has 7 nitrogen and oxygen atoms in total. The predicted octanol–water partition coefficient (Wildman–Crippen LogP) is 0.192. The van der Waals surface area contributed by atoms with Gasteiger partial charge in [0, 0.05) is 6.54 Å². The van der Waals surface area contributed by atoms with E-state index in [2.05, 4.69) is 0 Å². The van der Waals surface area contributed by atoms with Crippen LogP contribution in [0.1, 0.15) is 33.6 Å². The molecule has 0 aromatic carbocycles. The maximum absolute atomic E-state index is 11.9. The highest BCUT2D eigenvalue weighted by Crippen LogP contribution is 2.25. The quantitative estimate of drug-likeness (QED) is 0.679. The van der Waals surface area contributed by atoms with E-state index in [0.29, 0.717) is 6.42 Å². The van der Waals surface area contributed by atoms with Gasteiger partial charge in [0.25, 0.3) is 0 Å². The number of aliphatic hydroxyl groups is 2. The molecule has 110 valence electrons. The van der Waals surface area contributed by atoms with Gasteiger partial charge < -0.3 is 20.1 Å². The summed E-state index contributed by atoms with van der Waals surface area (Å²) in [4.78, 5) is 23.7. The number of nitrogens with zero attached hydrogens (tertiary/aromatic N) is 1. The zero-order chi connectivity index (χ0) is 14.8. The average molecular weight is 275 g/mol. The lowest BCUT2D eigenvalue weighted by molar-refractivity contribution is -0.140. The Kier molecular flexibility index (Phi) is 4.75. The fourth-order valence-electron chi connectivity index (χ4n) is 2.10. The lowest BCUT2D eigenvalue weighted by atomic mass is 10.0. The minimum absolute atomic E-state index is 0.234. The summed E-state index contributed by atoms with van der Waals surface area (Å²) in [5.41, 5.74) is -0.688. The Labute approximate surface area is 111 Å². The summed E-state index contributed by atoms with van der Waals surface area (Å²) in [5.74, 6) is -1.18. The maximum atomic E-state index is 11.9. The molecule has 0 saturated carbocycles. The van der Waals surface area contributed by atoms with Crippen LogP contribution in [-0.2, 0) is 9.53 Å². The van der Waals surface area contributed by atoms with Gasteiger partial charge in [0.1, 0.15) is 5.60 Å². The number of likely N-dealkylation sites (tertiary alicyclic amines) is 1. The van der Waals surface area contributed by atoms with E-state index in [-0.39, 0.29) is 6.54 Å². The van der Waals surface area contributed by atoms with Gasteiger partial charge in [-0.2, -0.15) is 0 Å². The van der Waals surface area contributed by atoms with Crippen molar-refractivity contribution >= 4 is 12.1 Å². The number of hydrogen-bond donors (Lipinski definition) is 3. The standard InChI is InChI=1S/C12H21NO6/c1-12(2,3)19-11(18)13-5-4-7(14)10(13)8(15)6-9(16)17/h7-8,10,14-15H,4-6H2,1-3H3,(H,16,17)/t7-,8+,10+/m0/s1. The van der Waals surface area contributed by atoms with Crippen LogP contribution in [0, 0.1) is 0 Å². The van der Waals surface area contributed by atoms with Crippen LogP contribution in [0.5, 0.6) is 0 Å². The number of carbonyl (C=O) groups excluding carboxylic acids is 1. The van der Waals surface area contributed by atoms with Gasteiger partial charge >= 0.3 is 12.1 Å². The first-order chi connectivity index (χ1) is 8.61. The van der Waals surface area contributed by atoms with Gasteiger partial charge in [-0.05, 0) is 27.2 Å². The fourth-order valence-corrected chi connectivity index (χ4v) is 2.10. The number of carbonyl (C=O) groups is 2. The van der Waals surface area contributed by atoms with Crippen LogP contribution in [0.25, 0.3) is 0 Å². The first-order valence-corrected chi connectivity index (χ1v) is 6.19. The largest absolute Gasteiger partial charge is 0.481 e. The molecule has 19 heavy (non-hydrogen) atoms. The highest BCUT2D eigenvalue weighted by atomic mass is 16.6. The number of carboxylic acids is 1. The molecule has 0 unspecified atom stereocenters. The third kappa shape index (κ3) is 4.36. The van der Waals surface area contributed by atoms with E-state index >= 15 is 0 Å². The molecule has 0 bridgehead atoms. The number of amides is 1. The van der Waals surface area contributed by atoms with Crippen molar-refractivity contribution in [2.24, 2.45) is 0 Å². The van der Waals surface area contributed by atoms with Crippen molar-refractivity contribution in [3.63, 3.8) is 0 Å². The average Bonchev–Trinajstić information content (AvgIpc) is 2.56. The van der Waals surface area contributed by atoms with Crippen molar-refractivity contribution in [3.05, 3.63) is 0 Å². The summed E-state index contributed by atoms with van der Waals surface area (Å²) in [6.45, 7) is 5.36. The molecule has 1 saturated heterocycles. The second-order valence-electron chi connectivity index (χ2n) is 5.69. The Bertz CT molecular complexity index is 351. The summed E-state index contributed by atoms with van der Waals surface area (Å²) in [6.07, 6.45) is -3.15. The van der Waals surface area contributed by atoms with Crippen LogP contribution >= 0.6 is 0 Å². The molecule has 1 aliphatic heterocycles. The Hall–Kier alpha value is -1.34. The molecule has 0 radical (unpaired) electrons. The van der Waals surface area contributed by atoms with Crippen molar-refractivity contribution in [2.45, 2.75) is 57.5 Å². The monoisotopic (exact) mass is 275 g/mol. The summed E-state index contributed by atoms with van der Waals surface area (Å²) in [5, 5.41) is 28.3. The van der Waals surface area contributed by atoms with Crippen molar-refractivity contribution in [3.8, 4) is 0 Å². The first kappa shape index (κ1) is 15.7. The van der Waals surface area contributed by atoms with E-state index in [9.17, 15) is 19.8 Å². The molecule has 1 aliphatic rings. The van der Waals surface area contributed by atoms with Crippen LogP contribution in [-0.4, -0.2) is 62.7 Å². The minimum atomic E-state index is -1.32. The fraction of sp³-hybridized carbons (Fsp3) is 0.833. The lowest BCUT2D eigenvalue weighted by Gasteiger charge is -2.31. The van der Waals surface area contributed by atoms with E-state index in [4.69, 9.17) is 9.84 Å². The lowest BCUT2D eigenvalue weighted by Crippen LogP contribution is -2.49. The summed E-state index contributed by atoms with van der Waals surface area (Å²) >= 11 is 0. The number of aliphatic carboxylic acids is 1. The second kappa shape index (κ2) is 5.75. The predicted molar refractivity (Wildman–Crippen MR) is 65.6 cm³/mol. The van der Waals surface area contributed by atoms with Gasteiger partial charge in [-0.3, -0.25) is 9.69 Å². The number of rotatable bonds is 3. The molecule has 1 fully saturated rings. The third-order valence-corrected chi connectivity index (χ3v) is 2.83. The van der Waals surface area contributed by atoms with Crippen LogP contribution in [0.2, 0.25) is 0 Å². The van der Waals surface area contributed by atoms with Gasteiger partial charge in [0.15, 0.2) is 0 Å². The summed E-state index contributed by atoms with van der Waals surface area (Å²) in [7, 11) is 0. The second-order valence-corrected chi connectivity index (χ2v) is 5.69. The molecule has 0 spiro atoms. The van der Waals surface area contributed by atoms with E-state index in [1.165, 1.54) is 4.90 Å². The molecule has 3 N–H and O–H groups in total. The van der Waals surface area contributed by atoms with Gasteiger partial charge in [0.2, 0.25) is 0 Å². The highest BCUT2D eigenvalue weighted by Gasteiger charge is 2.42. The molecule has 1 amide bonds. The van der Waals surface area contributed by atoms with Crippen LogP contribution in [0.15, 0.2) is 0 Å². The molecule has 3 atom stereocenters. The van der Waals surface area contributed by atoms with E-state index < -0.39 is 42.3 Å². The topological polar surface area (TPSA) is 107 Å². The molecule has 1 rings (SSSR count). The highest BCUT2D eigenvalue weighted by molar-refractivity contribution is 5.70. The van der Waals surface area contributed by atoms with Crippen molar-refractivity contribution in [1.82, 2.24) is 4.90 Å². The normalized spacial score (nSPS) is 25.2. The van der Waals surface area contributed by atoms with E-state index in [1.807, 2.05) is 0 Å². The minimum Gasteiger partial charge on any atom is -0.481 e. The third-order valence-electron chi connectivity index (χ3n) is 2.83. The van der Waals surface area contributed by atoms with Crippen molar-refractivity contribution in [1.29, 1.82) is 0 Å². The van der Waals surface area contributed by atoms with Crippen LogP contribution < -0.4 is 0 Å². The molecular formula is C12H21NO6. The Morgan fingerprint density at radius 1 is 1.42 bits per heavy atom. The SMILES string of the molecule is CC(C)(C)OC(=O)N1CC[C@H](O)[C@@H]1[C@H](O)CC(=O)O. The number of carboxylic acid groups (broad SMARTS) is 1. The molecule has 0 aliphatic carbocycles. The van der Waals surface area contributed by atoms with Crippen molar-refractivity contribution < 1.29 is 29.6 Å². The molecule has 1 heterocycles. The van der Waals surface area contributed by atoms with Crippen LogP contribution in [0.3, 0.4) is 0 Å². The molecular weight excluding hydrogens is 254 g/mol. The first-order valence-electron chi connectivity index (χ1n) is 6.19.